The Bertz CT molecular complexity index is 216. The summed E-state index contributed by atoms with van der Waals surface area (Å²) in [5.74, 6) is 1.19. The van der Waals surface area contributed by atoms with Crippen LogP contribution >= 0.6 is 0 Å². The number of hydrogen-bond acceptors (Lipinski definition) is 1. The van der Waals surface area contributed by atoms with Gasteiger partial charge >= 0.3 is 6.03 Å². The summed E-state index contributed by atoms with van der Waals surface area (Å²) in [5.41, 5.74) is 0. The van der Waals surface area contributed by atoms with Gasteiger partial charge in [0, 0.05) is 18.6 Å². The third-order valence-corrected chi connectivity index (χ3v) is 3.33. The van der Waals surface area contributed by atoms with Crippen molar-refractivity contribution in [2.45, 2.75) is 67.0 Å². The van der Waals surface area contributed by atoms with Crippen molar-refractivity contribution < 1.29 is 4.79 Å². The zero-order chi connectivity index (χ0) is 13.6. The van der Waals surface area contributed by atoms with Gasteiger partial charge in [-0.2, -0.15) is 0 Å². The average Bonchev–Trinajstić information content (AvgIpc) is 2.16. The molecule has 0 spiro atoms. The number of rotatable bonds is 6. The number of nitrogens with zero attached hydrogens (tertiary/aromatic N) is 1. The predicted octanol–water partition coefficient (Wildman–Crippen LogP) is 3.50. The van der Waals surface area contributed by atoms with Gasteiger partial charge in [0.25, 0.3) is 0 Å². The first-order valence-corrected chi connectivity index (χ1v) is 6.87. The van der Waals surface area contributed by atoms with Crippen molar-refractivity contribution in [1.82, 2.24) is 10.2 Å². The third-order valence-electron chi connectivity index (χ3n) is 3.33. The Labute approximate surface area is 107 Å². The second kappa shape index (κ2) is 7.57. The zero-order valence-electron chi connectivity index (χ0n) is 12.6. The van der Waals surface area contributed by atoms with E-state index < -0.39 is 0 Å². The second-order valence-corrected chi connectivity index (χ2v) is 5.69. The summed E-state index contributed by atoms with van der Waals surface area (Å²) in [6.45, 7) is 15.6. The highest BCUT2D eigenvalue weighted by Gasteiger charge is 2.21. The third kappa shape index (κ3) is 5.42. The predicted molar refractivity (Wildman–Crippen MR) is 74.1 cm³/mol. The molecule has 0 bridgehead atoms. The van der Waals surface area contributed by atoms with Crippen LogP contribution in [-0.4, -0.2) is 29.6 Å². The van der Waals surface area contributed by atoms with Crippen molar-refractivity contribution >= 4 is 6.03 Å². The summed E-state index contributed by atoms with van der Waals surface area (Å²) >= 11 is 0. The topological polar surface area (TPSA) is 32.3 Å². The number of nitrogens with one attached hydrogen (secondary N) is 1. The molecule has 1 unspecified atom stereocenters. The molecule has 0 fully saturated rings. The SMILES string of the molecule is CCC(CNC(=O)N(C(C)C)C(C)C)C(C)C. The first-order valence-electron chi connectivity index (χ1n) is 6.87. The first-order chi connectivity index (χ1) is 7.81. The summed E-state index contributed by atoms with van der Waals surface area (Å²) in [5, 5.41) is 3.06. The van der Waals surface area contributed by atoms with E-state index >= 15 is 0 Å². The van der Waals surface area contributed by atoms with E-state index in [-0.39, 0.29) is 18.1 Å². The first kappa shape index (κ1) is 16.3. The highest BCUT2D eigenvalue weighted by atomic mass is 16.2. The molecule has 3 heteroatoms. The van der Waals surface area contributed by atoms with E-state index in [2.05, 4.69) is 53.8 Å². The second-order valence-electron chi connectivity index (χ2n) is 5.69. The molecule has 0 aliphatic carbocycles. The molecule has 1 atom stereocenters. The molecule has 0 aliphatic rings. The molecule has 102 valence electrons. The minimum absolute atomic E-state index is 0.0640. The minimum atomic E-state index is 0.0640. The van der Waals surface area contributed by atoms with Crippen molar-refractivity contribution in [2.75, 3.05) is 6.54 Å². The van der Waals surface area contributed by atoms with Crippen LogP contribution in [0.25, 0.3) is 0 Å². The zero-order valence-corrected chi connectivity index (χ0v) is 12.6. The van der Waals surface area contributed by atoms with E-state index in [0.29, 0.717) is 11.8 Å². The maximum atomic E-state index is 12.1. The molecule has 1 N–H and O–H groups in total. The Hall–Kier alpha value is -0.730. The lowest BCUT2D eigenvalue weighted by Gasteiger charge is -2.31. The van der Waals surface area contributed by atoms with Crippen molar-refractivity contribution in [3.63, 3.8) is 0 Å². The van der Waals surface area contributed by atoms with E-state index in [4.69, 9.17) is 0 Å². The smallest absolute Gasteiger partial charge is 0.317 e. The van der Waals surface area contributed by atoms with Crippen LogP contribution in [0.4, 0.5) is 4.79 Å². The van der Waals surface area contributed by atoms with Gasteiger partial charge in [0.05, 0.1) is 0 Å². The molecule has 0 aromatic heterocycles. The van der Waals surface area contributed by atoms with E-state index in [1.165, 1.54) is 0 Å². The van der Waals surface area contributed by atoms with Crippen LogP contribution in [0.3, 0.4) is 0 Å². The van der Waals surface area contributed by atoms with E-state index in [9.17, 15) is 4.79 Å². The van der Waals surface area contributed by atoms with Gasteiger partial charge < -0.3 is 10.2 Å². The molecule has 0 aromatic carbocycles. The van der Waals surface area contributed by atoms with Crippen LogP contribution in [0.15, 0.2) is 0 Å². The van der Waals surface area contributed by atoms with E-state index in [0.717, 1.165) is 13.0 Å². The maximum absolute atomic E-state index is 12.1. The van der Waals surface area contributed by atoms with Gasteiger partial charge in [-0.15, -0.1) is 0 Å². The molecule has 0 aliphatic heterocycles. The Balaban J connectivity index is 4.32. The number of carbonyl (C=O) groups excluding carboxylic acids is 1. The minimum Gasteiger partial charge on any atom is -0.338 e. The van der Waals surface area contributed by atoms with Crippen molar-refractivity contribution in [3.8, 4) is 0 Å². The Kier molecular flexibility index (Phi) is 7.24. The standard InChI is InChI=1S/C14H30N2O/c1-8-13(10(2)3)9-15-14(17)16(11(4)5)12(6)7/h10-13H,8-9H2,1-7H3,(H,15,17). The van der Waals surface area contributed by atoms with Gasteiger partial charge in [0.2, 0.25) is 0 Å². The molecule has 3 nitrogen and oxygen atoms in total. The van der Waals surface area contributed by atoms with E-state index in [1.807, 2.05) is 4.90 Å². The molecule has 0 aromatic rings. The van der Waals surface area contributed by atoms with Crippen molar-refractivity contribution in [1.29, 1.82) is 0 Å². The van der Waals surface area contributed by atoms with Gasteiger partial charge in [-0.3, -0.25) is 0 Å². The van der Waals surface area contributed by atoms with Crippen LogP contribution in [-0.2, 0) is 0 Å². The van der Waals surface area contributed by atoms with Crippen LogP contribution in [0.5, 0.6) is 0 Å². The van der Waals surface area contributed by atoms with E-state index in [1.54, 1.807) is 0 Å². The Morgan fingerprint density at radius 2 is 1.53 bits per heavy atom. The lowest BCUT2D eigenvalue weighted by atomic mass is 9.93. The van der Waals surface area contributed by atoms with Crippen molar-refractivity contribution in [2.24, 2.45) is 11.8 Å². The van der Waals surface area contributed by atoms with Gasteiger partial charge in [-0.05, 0) is 39.5 Å². The van der Waals surface area contributed by atoms with Gasteiger partial charge in [0.1, 0.15) is 0 Å². The monoisotopic (exact) mass is 242 g/mol. The van der Waals surface area contributed by atoms with Gasteiger partial charge in [-0.25, -0.2) is 4.79 Å². The molecule has 17 heavy (non-hydrogen) atoms. The quantitative estimate of drug-likeness (QED) is 0.759. The fraction of sp³-hybridized carbons (Fsp3) is 0.929. The van der Waals surface area contributed by atoms with Crippen LogP contribution in [0.1, 0.15) is 54.9 Å². The molecule has 0 saturated heterocycles. The van der Waals surface area contributed by atoms with Crippen LogP contribution in [0, 0.1) is 11.8 Å². The number of hydrogen-bond donors (Lipinski definition) is 1. The fourth-order valence-electron chi connectivity index (χ4n) is 2.23. The molecule has 0 heterocycles. The lowest BCUT2D eigenvalue weighted by molar-refractivity contribution is 0.162. The van der Waals surface area contributed by atoms with Crippen LogP contribution < -0.4 is 5.32 Å². The summed E-state index contributed by atoms with van der Waals surface area (Å²) in [7, 11) is 0. The Morgan fingerprint density at radius 1 is 1.06 bits per heavy atom. The number of amides is 2. The van der Waals surface area contributed by atoms with Gasteiger partial charge in [0.15, 0.2) is 0 Å². The highest BCUT2D eigenvalue weighted by molar-refractivity contribution is 5.74. The largest absolute Gasteiger partial charge is 0.338 e. The van der Waals surface area contributed by atoms with Crippen molar-refractivity contribution in [3.05, 3.63) is 0 Å². The van der Waals surface area contributed by atoms with Gasteiger partial charge in [-0.1, -0.05) is 27.2 Å². The summed E-state index contributed by atoms with van der Waals surface area (Å²) < 4.78 is 0. The lowest BCUT2D eigenvalue weighted by Crippen LogP contribution is -2.49. The highest BCUT2D eigenvalue weighted by Crippen LogP contribution is 2.14. The summed E-state index contributed by atoms with van der Waals surface area (Å²) in [4.78, 5) is 14.0. The normalized spacial score (nSPS) is 13.3. The molecular weight excluding hydrogens is 212 g/mol. The molecule has 0 rings (SSSR count). The van der Waals surface area contributed by atoms with Crippen LogP contribution in [0.2, 0.25) is 0 Å². The molecule has 0 saturated carbocycles. The molecule has 0 radical (unpaired) electrons. The fourth-order valence-corrected chi connectivity index (χ4v) is 2.23. The summed E-state index contributed by atoms with van der Waals surface area (Å²) in [6, 6.07) is 0.553. The number of carbonyl (C=O) groups is 1. The molecule has 2 amide bonds. The summed E-state index contributed by atoms with van der Waals surface area (Å²) in [6.07, 6.45) is 1.11. The average molecular weight is 242 g/mol. The molecular formula is C14H30N2O. The Morgan fingerprint density at radius 3 is 1.82 bits per heavy atom. The maximum Gasteiger partial charge on any atom is 0.317 e. The number of urea groups is 1.